The Morgan fingerprint density at radius 2 is 1.90 bits per heavy atom. The van der Waals surface area contributed by atoms with Crippen molar-refractivity contribution in [1.29, 1.82) is 0 Å². The van der Waals surface area contributed by atoms with Gasteiger partial charge in [-0.05, 0) is 48.7 Å². The molecule has 2 aromatic rings. The predicted octanol–water partition coefficient (Wildman–Crippen LogP) is 2.41. The molecule has 0 bridgehead atoms. The number of benzene rings is 2. The van der Waals surface area contributed by atoms with Gasteiger partial charge in [-0.3, -0.25) is 24.5 Å². The van der Waals surface area contributed by atoms with E-state index in [0.717, 1.165) is 49.7 Å². The van der Waals surface area contributed by atoms with Crippen molar-refractivity contribution in [1.82, 2.24) is 10.4 Å². The summed E-state index contributed by atoms with van der Waals surface area (Å²) in [5.74, 6) is -1.28. The Balaban J connectivity index is 0.000000589. The molecule has 1 saturated heterocycles. The van der Waals surface area contributed by atoms with E-state index in [1.54, 1.807) is 23.7 Å². The number of anilines is 1. The standard InChI is InChI=1S/C20H21N3O3.C2H4O2/c24-19(21-26)15-7-3-5-14(11-15)12-23-17-8-2-1-6-16(17)13-22-10-4-9-18(22)20(23)25;1-2(3)4/h1-3,5-8,11,18,26H,4,9-10,12-13H2,(H,21,24);1H3,(H,3,4)/t18-;/m0./s1. The van der Waals surface area contributed by atoms with Crippen molar-refractivity contribution >= 4 is 23.5 Å². The number of carboxylic acid groups (broad SMARTS) is 1. The summed E-state index contributed by atoms with van der Waals surface area (Å²) in [4.78, 5) is 38.0. The van der Waals surface area contributed by atoms with Crippen LogP contribution in [0.25, 0.3) is 0 Å². The quantitative estimate of drug-likeness (QED) is 0.529. The SMILES string of the molecule is CC(=O)O.O=C(NO)c1cccc(CN2C(=O)[C@@H]3CCCN3Cc3ccccc32)c1. The van der Waals surface area contributed by atoms with Crippen molar-refractivity contribution in [2.75, 3.05) is 11.4 Å². The maximum Gasteiger partial charge on any atom is 0.300 e. The predicted molar refractivity (Wildman–Crippen MR) is 110 cm³/mol. The van der Waals surface area contributed by atoms with Gasteiger partial charge in [0.2, 0.25) is 5.91 Å². The molecule has 4 rings (SSSR count). The number of carboxylic acids is 1. The zero-order valence-electron chi connectivity index (χ0n) is 16.7. The Hall–Kier alpha value is -3.23. The van der Waals surface area contributed by atoms with Gasteiger partial charge in [-0.2, -0.15) is 0 Å². The van der Waals surface area contributed by atoms with Crippen LogP contribution in [0, 0.1) is 0 Å². The first-order valence-corrected chi connectivity index (χ1v) is 9.77. The lowest BCUT2D eigenvalue weighted by Gasteiger charge is -2.26. The summed E-state index contributed by atoms with van der Waals surface area (Å²) in [5.41, 5.74) is 4.94. The molecule has 158 valence electrons. The fourth-order valence-electron chi connectivity index (χ4n) is 3.94. The second kappa shape index (κ2) is 9.51. The summed E-state index contributed by atoms with van der Waals surface area (Å²) in [6, 6.07) is 14.9. The summed E-state index contributed by atoms with van der Waals surface area (Å²) in [7, 11) is 0. The van der Waals surface area contributed by atoms with Crippen LogP contribution in [0.2, 0.25) is 0 Å². The summed E-state index contributed by atoms with van der Waals surface area (Å²) in [6.45, 7) is 3.22. The van der Waals surface area contributed by atoms with Crippen LogP contribution in [0.4, 0.5) is 5.69 Å². The highest BCUT2D eigenvalue weighted by atomic mass is 16.5. The number of rotatable bonds is 3. The van der Waals surface area contributed by atoms with Crippen LogP contribution in [0.5, 0.6) is 0 Å². The van der Waals surface area contributed by atoms with Crippen molar-refractivity contribution < 1.29 is 24.7 Å². The van der Waals surface area contributed by atoms with Crippen LogP contribution in [-0.4, -0.2) is 45.6 Å². The number of carbonyl (C=O) groups is 3. The first kappa shape index (κ1) is 21.5. The maximum atomic E-state index is 13.2. The van der Waals surface area contributed by atoms with Crippen molar-refractivity contribution in [2.24, 2.45) is 0 Å². The molecular weight excluding hydrogens is 386 g/mol. The van der Waals surface area contributed by atoms with Gasteiger partial charge >= 0.3 is 0 Å². The third-order valence-electron chi connectivity index (χ3n) is 5.20. The topological polar surface area (TPSA) is 110 Å². The molecule has 0 unspecified atom stereocenters. The normalized spacial score (nSPS) is 17.9. The van der Waals surface area contributed by atoms with Gasteiger partial charge in [0.15, 0.2) is 0 Å². The molecule has 0 aromatic heterocycles. The Morgan fingerprint density at radius 1 is 1.17 bits per heavy atom. The molecule has 2 amide bonds. The molecule has 1 atom stereocenters. The number of aliphatic carboxylic acids is 1. The van der Waals surface area contributed by atoms with Crippen LogP contribution in [0.15, 0.2) is 48.5 Å². The van der Waals surface area contributed by atoms with Gasteiger partial charge in [-0.15, -0.1) is 0 Å². The molecule has 2 aliphatic heterocycles. The third-order valence-corrected chi connectivity index (χ3v) is 5.20. The number of nitrogens with one attached hydrogen (secondary N) is 1. The largest absolute Gasteiger partial charge is 0.481 e. The molecule has 2 aromatic carbocycles. The molecule has 2 aliphatic rings. The highest BCUT2D eigenvalue weighted by molar-refractivity contribution is 5.99. The van der Waals surface area contributed by atoms with Gasteiger partial charge in [0.05, 0.1) is 12.6 Å². The second-order valence-electron chi connectivity index (χ2n) is 7.34. The van der Waals surface area contributed by atoms with Gasteiger partial charge < -0.3 is 10.0 Å². The number of fused-ring (bicyclic) bond motifs is 2. The first-order valence-electron chi connectivity index (χ1n) is 9.77. The lowest BCUT2D eigenvalue weighted by Crippen LogP contribution is -2.42. The van der Waals surface area contributed by atoms with E-state index in [4.69, 9.17) is 15.1 Å². The monoisotopic (exact) mass is 411 g/mol. The Morgan fingerprint density at radius 3 is 2.63 bits per heavy atom. The van der Waals surface area contributed by atoms with Crippen molar-refractivity contribution in [2.45, 2.75) is 38.9 Å². The third kappa shape index (κ3) is 4.84. The lowest BCUT2D eigenvalue weighted by atomic mass is 10.1. The van der Waals surface area contributed by atoms with Gasteiger partial charge in [0.1, 0.15) is 0 Å². The fourth-order valence-corrected chi connectivity index (χ4v) is 3.94. The summed E-state index contributed by atoms with van der Waals surface area (Å²) in [5, 5.41) is 16.3. The minimum absolute atomic E-state index is 0.0775. The summed E-state index contributed by atoms with van der Waals surface area (Å²) >= 11 is 0. The van der Waals surface area contributed by atoms with Gasteiger partial charge in [0, 0.05) is 24.7 Å². The number of carbonyl (C=O) groups excluding carboxylic acids is 2. The average Bonchev–Trinajstić information content (AvgIpc) is 3.16. The molecular formula is C22H25N3O5. The molecule has 8 heteroatoms. The van der Waals surface area contributed by atoms with Crippen LogP contribution in [-0.2, 0) is 22.7 Å². The Labute approximate surface area is 174 Å². The van der Waals surface area contributed by atoms with E-state index in [-0.39, 0.29) is 11.9 Å². The fraction of sp³-hybridized carbons (Fsp3) is 0.318. The minimum Gasteiger partial charge on any atom is -0.481 e. The van der Waals surface area contributed by atoms with E-state index < -0.39 is 11.9 Å². The second-order valence-corrected chi connectivity index (χ2v) is 7.34. The Bertz CT molecular complexity index is 942. The summed E-state index contributed by atoms with van der Waals surface area (Å²) < 4.78 is 0. The molecule has 0 aliphatic carbocycles. The zero-order chi connectivity index (χ0) is 21.7. The first-order chi connectivity index (χ1) is 14.4. The van der Waals surface area contributed by atoms with Crippen LogP contribution in [0.3, 0.4) is 0 Å². The van der Waals surface area contributed by atoms with Crippen LogP contribution in [0.1, 0.15) is 41.3 Å². The molecule has 3 N–H and O–H groups in total. The van der Waals surface area contributed by atoms with Crippen molar-refractivity contribution in [3.63, 3.8) is 0 Å². The highest BCUT2D eigenvalue weighted by Gasteiger charge is 2.37. The molecule has 0 saturated carbocycles. The van der Waals surface area contributed by atoms with Crippen LogP contribution < -0.4 is 10.4 Å². The number of nitrogens with zero attached hydrogens (tertiary/aromatic N) is 2. The number of hydroxylamine groups is 1. The molecule has 1 fully saturated rings. The molecule has 30 heavy (non-hydrogen) atoms. The number of hydrogen-bond acceptors (Lipinski definition) is 5. The lowest BCUT2D eigenvalue weighted by molar-refractivity contribution is -0.134. The van der Waals surface area contributed by atoms with Gasteiger partial charge in [-0.25, -0.2) is 5.48 Å². The van der Waals surface area contributed by atoms with Crippen molar-refractivity contribution in [3.8, 4) is 0 Å². The summed E-state index contributed by atoms with van der Waals surface area (Å²) in [6.07, 6.45) is 1.93. The van der Waals surface area contributed by atoms with E-state index in [2.05, 4.69) is 11.0 Å². The van der Waals surface area contributed by atoms with E-state index in [9.17, 15) is 9.59 Å². The number of para-hydroxylation sites is 1. The average molecular weight is 411 g/mol. The van der Waals surface area contributed by atoms with E-state index >= 15 is 0 Å². The van der Waals surface area contributed by atoms with E-state index in [1.165, 1.54) is 0 Å². The van der Waals surface area contributed by atoms with Gasteiger partial charge in [-0.1, -0.05) is 30.3 Å². The highest BCUT2D eigenvalue weighted by Crippen LogP contribution is 2.33. The number of hydrogen-bond donors (Lipinski definition) is 3. The smallest absolute Gasteiger partial charge is 0.300 e. The Kier molecular flexibility index (Phi) is 6.81. The number of amides is 2. The molecule has 8 nitrogen and oxygen atoms in total. The maximum absolute atomic E-state index is 13.2. The van der Waals surface area contributed by atoms with Crippen LogP contribution >= 0.6 is 0 Å². The van der Waals surface area contributed by atoms with E-state index in [1.807, 2.05) is 29.2 Å². The molecule has 0 spiro atoms. The van der Waals surface area contributed by atoms with Gasteiger partial charge in [0.25, 0.3) is 11.9 Å². The van der Waals surface area contributed by atoms with E-state index in [0.29, 0.717) is 12.1 Å². The van der Waals surface area contributed by atoms with Crippen molar-refractivity contribution in [3.05, 3.63) is 65.2 Å². The minimum atomic E-state index is -0.833. The zero-order valence-corrected chi connectivity index (χ0v) is 16.7. The molecule has 0 radical (unpaired) electrons. The molecule has 2 heterocycles.